The molecule has 0 radical (unpaired) electrons. The molecule has 140 valence electrons. The van der Waals surface area contributed by atoms with Crippen molar-refractivity contribution in [3.63, 3.8) is 0 Å². The molecule has 4 rings (SSSR count). The van der Waals surface area contributed by atoms with Crippen LogP contribution in [0.25, 0.3) is 17.0 Å². The van der Waals surface area contributed by atoms with Crippen LogP contribution in [0.4, 0.5) is 4.39 Å². The minimum atomic E-state index is -0.931. The van der Waals surface area contributed by atoms with Crippen LogP contribution in [0.1, 0.15) is 30.1 Å². The molecule has 0 saturated carbocycles. The van der Waals surface area contributed by atoms with Crippen LogP contribution in [-0.4, -0.2) is 43.1 Å². The topological polar surface area (TPSA) is 138 Å². The number of fused-ring (bicyclic) bond motifs is 3. The maximum absolute atomic E-state index is 14.7. The van der Waals surface area contributed by atoms with E-state index in [4.69, 9.17) is 15.2 Å². The van der Waals surface area contributed by atoms with Gasteiger partial charge in [0, 0.05) is 0 Å². The molecule has 10 nitrogen and oxygen atoms in total. The molecule has 2 bridgehead atoms. The number of nitrogens with two attached hydrogens (primary N) is 1. The average Bonchev–Trinajstić information content (AvgIpc) is 2.95. The Labute approximate surface area is 151 Å². The second-order valence-corrected chi connectivity index (χ2v) is 6.07. The summed E-state index contributed by atoms with van der Waals surface area (Å²) in [5.74, 6) is -2.22. The number of hydrogen-bond acceptors (Lipinski definition) is 7. The van der Waals surface area contributed by atoms with Gasteiger partial charge in [-0.05, 0) is 25.8 Å². The van der Waals surface area contributed by atoms with Gasteiger partial charge in [0.25, 0.3) is 5.91 Å². The zero-order valence-corrected chi connectivity index (χ0v) is 14.2. The number of halogens is 1. The predicted octanol–water partition coefficient (Wildman–Crippen LogP) is 0.682. The highest BCUT2D eigenvalue weighted by Crippen LogP contribution is 2.27. The normalized spacial score (nSPS) is 16.7. The van der Waals surface area contributed by atoms with Gasteiger partial charge in [-0.25, -0.2) is 18.7 Å². The number of rotatable bonds is 1. The summed E-state index contributed by atoms with van der Waals surface area (Å²) in [7, 11) is 0. The van der Waals surface area contributed by atoms with Gasteiger partial charge in [0.15, 0.2) is 22.8 Å². The van der Waals surface area contributed by atoms with Crippen molar-refractivity contribution in [2.75, 3.05) is 6.61 Å². The van der Waals surface area contributed by atoms with Crippen molar-refractivity contribution < 1.29 is 18.7 Å². The summed E-state index contributed by atoms with van der Waals surface area (Å²) >= 11 is 0. The summed E-state index contributed by atoms with van der Waals surface area (Å²) in [6, 6.07) is 0.893. The Bertz CT molecular complexity index is 1110. The first-order chi connectivity index (χ1) is 13.0. The van der Waals surface area contributed by atoms with E-state index in [1.807, 2.05) is 6.92 Å². The first-order valence-electron chi connectivity index (χ1n) is 8.21. The highest BCUT2D eigenvalue weighted by Gasteiger charge is 2.24. The van der Waals surface area contributed by atoms with Gasteiger partial charge in [-0.15, -0.1) is 0 Å². The Morgan fingerprint density at radius 3 is 3.00 bits per heavy atom. The molecule has 1 aliphatic rings. The van der Waals surface area contributed by atoms with Gasteiger partial charge in [-0.1, -0.05) is 0 Å². The lowest BCUT2D eigenvalue weighted by atomic mass is 10.2. The van der Waals surface area contributed by atoms with Crippen molar-refractivity contribution in [3.05, 3.63) is 34.3 Å². The van der Waals surface area contributed by atoms with Crippen LogP contribution in [0.5, 0.6) is 11.8 Å². The molecule has 11 heteroatoms. The second-order valence-electron chi connectivity index (χ2n) is 6.07. The number of H-pyrrole nitrogens is 1. The van der Waals surface area contributed by atoms with Crippen molar-refractivity contribution in [3.8, 4) is 17.6 Å². The van der Waals surface area contributed by atoms with E-state index in [-0.39, 0.29) is 47.0 Å². The summed E-state index contributed by atoms with van der Waals surface area (Å²) in [5, 5.41) is 0. The highest BCUT2D eigenvalue weighted by atomic mass is 19.1. The van der Waals surface area contributed by atoms with Crippen LogP contribution in [-0.2, 0) is 0 Å². The Morgan fingerprint density at radius 2 is 2.22 bits per heavy atom. The number of amides is 1. The lowest BCUT2D eigenvalue weighted by Gasteiger charge is -2.17. The molecule has 3 N–H and O–H groups in total. The van der Waals surface area contributed by atoms with Crippen LogP contribution in [0.15, 0.2) is 17.2 Å². The summed E-state index contributed by atoms with van der Waals surface area (Å²) < 4.78 is 27.0. The first-order valence-corrected chi connectivity index (χ1v) is 8.21. The van der Waals surface area contributed by atoms with E-state index in [2.05, 4.69) is 19.9 Å². The third-order valence-corrected chi connectivity index (χ3v) is 4.15. The van der Waals surface area contributed by atoms with E-state index in [0.717, 1.165) is 10.6 Å². The van der Waals surface area contributed by atoms with E-state index in [1.165, 1.54) is 6.33 Å². The molecule has 27 heavy (non-hydrogen) atoms. The molecule has 1 aliphatic heterocycles. The Kier molecular flexibility index (Phi) is 3.98. The van der Waals surface area contributed by atoms with Gasteiger partial charge in [0.2, 0.25) is 11.8 Å². The number of carbonyl (C=O) groups is 1. The zero-order chi connectivity index (χ0) is 19.1. The number of aromatic amines is 1. The lowest BCUT2D eigenvalue weighted by molar-refractivity contribution is 0.0994. The van der Waals surface area contributed by atoms with Crippen molar-refractivity contribution in [2.45, 2.75) is 25.9 Å². The largest absolute Gasteiger partial charge is 0.477 e. The lowest BCUT2D eigenvalue weighted by Crippen LogP contribution is -2.22. The van der Waals surface area contributed by atoms with Gasteiger partial charge >= 0.3 is 5.69 Å². The molecular weight excluding hydrogens is 359 g/mol. The predicted molar refractivity (Wildman–Crippen MR) is 90.6 cm³/mol. The van der Waals surface area contributed by atoms with Gasteiger partial charge in [0.05, 0.1) is 12.7 Å². The average molecular weight is 374 g/mol. The third-order valence-electron chi connectivity index (χ3n) is 4.15. The molecule has 4 heterocycles. The fourth-order valence-corrected chi connectivity index (χ4v) is 2.90. The van der Waals surface area contributed by atoms with E-state index in [9.17, 15) is 14.0 Å². The number of nitrogens with one attached hydrogen (secondary N) is 1. The molecular formula is C16H15FN6O4. The summed E-state index contributed by atoms with van der Waals surface area (Å²) in [6.45, 7) is 2.04. The van der Waals surface area contributed by atoms with Crippen LogP contribution < -0.4 is 20.9 Å². The number of aromatic nitrogens is 5. The maximum Gasteiger partial charge on any atom is 0.333 e. The fourth-order valence-electron chi connectivity index (χ4n) is 2.90. The summed E-state index contributed by atoms with van der Waals surface area (Å²) in [6.07, 6.45) is 2.18. The molecule has 1 atom stereocenters. The fraction of sp³-hybridized carbons (Fsp3) is 0.312. The standard InChI is InChI=1S/C16H15FN6O4/c1-7-3-2-4-26-14-8(11(18)24)5-9(17)13(22-14)23-10-12(21-16(23)25)19-6-20-15(10)27-7/h5-7H,2-4H2,1H3,(H2,18,24)(H,19,20,21,25)/t7-/m1/s1. The van der Waals surface area contributed by atoms with Crippen molar-refractivity contribution >= 4 is 17.1 Å². The number of ether oxygens (including phenoxy) is 2. The SMILES string of the molecule is C[C@@H]1CCCOc2nc(c(F)cc2C(N)=O)-n2c(=O)[nH]c3ncnc(c32)O1. The number of hydrogen-bond donors (Lipinski definition) is 2. The number of pyridine rings is 1. The van der Waals surface area contributed by atoms with E-state index in [1.54, 1.807) is 0 Å². The van der Waals surface area contributed by atoms with Gasteiger partial charge in [-0.3, -0.25) is 9.78 Å². The molecule has 0 aliphatic carbocycles. The van der Waals surface area contributed by atoms with Crippen LogP contribution in [0.2, 0.25) is 0 Å². The maximum atomic E-state index is 14.7. The number of primary amides is 1. The minimum absolute atomic E-state index is 0.120. The van der Waals surface area contributed by atoms with E-state index in [0.29, 0.717) is 12.8 Å². The minimum Gasteiger partial charge on any atom is -0.477 e. The molecule has 0 unspecified atom stereocenters. The van der Waals surface area contributed by atoms with Crippen LogP contribution in [0, 0.1) is 5.82 Å². The smallest absolute Gasteiger partial charge is 0.333 e. The summed E-state index contributed by atoms with van der Waals surface area (Å²) in [4.78, 5) is 38.7. The van der Waals surface area contributed by atoms with E-state index < -0.39 is 17.4 Å². The molecule has 0 spiro atoms. The molecule has 0 saturated heterocycles. The van der Waals surface area contributed by atoms with Gasteiger partial charge < -0.3 is 15.2 Å². The Balaban J connectivity index is 2.06. The Morgan fingerprint density at radius 1 is 1.41 bits per heavy atom. The van der Waals surface area contributed by atoms with Gasteiger partial charge in [0.1, 0.15) is 11.9 Å². The molecule has 0 fully saturated rings. The molecule has 1 amide bonds. The third kappa shape index (κ3) is 2.86. The molecule has 3 aromatic rings. The van der Waals surface area contributed by atoms with E-state index >= 15 is 0 Å². The quantitative estimate of drug-likeness (QED) is 0.639. The molecule has 3 aromatic heterocycles. The van der Waals surface area contributed by atoms with Crippen molar-refractivity contribution in [1.29, 1.82) is 0 Å². The van der Waals surface area contributed by atoms with Crippen molar-refractivity contribution in [2.24, 2.45) is 5.73 Å². The first kappa shape index (κ1) is 16.9. The monoisotopic (exact) mass is 374 g/mol. The zero-order valence-electron chi connectivity index (χ0n) is 14.2. The number of nitrogens with zero attached hydrogens (tertiary/aromatic N) is 4. The highest BCUT2D eigenvalue weighted by molar-refractivity contribution is 5.95. The second kappa shape index (κ2) is 6.34. The number of carbonyl (C=O) groups excluding carboxylic acids is 1. The Hall–Kier alpha value is -3.50. The van der Waals surface area contributed by atoms with Gasteiger partial charge in [-0.2, -0.15) is 9.97 Å². The van der Waals surface area contributed by atoms with Crippen LogP contribution >= 0.6 is 0 Å². The number of imidazole rings is 1. The van der Waals surface area contributed by atoms with Crippen LogP contribution in [0.3, 0.4) is 0 Å². The summed E-state index contributed by atoms with van der Waals surface area (Å²) in [5.41, 5.74) is 4.70. The molecule has 0 aromatic carbocycles. The van der Waals surface area contributed by atoms with Crippen molar-refractivity contribution in [1.82, 2.24) is 24.5 Å².